The molecule has 0 saturated carbocycles. The Morgan fingerprint density at radius 2 is 1.85 bits per heavy atom. The van der Waals surface area contributed by atoms with Crippen LogP contribution in [-0.4, -0.2) is 16.6 Å². The molecule has 1 unspecified atom stereocenters. The molecule has 0 fully saturated rings. The van der Waals surface area contributed by atoms with E-state index in [4.69, 9.17) is 16.2 Å². The molecule has 0 radical (unpaired) electrons. The van der Waals surface area contributed by atoms with Gasteiger partial charge >= 0.3 is 0 Å². The Morgan fingerprint density at radius 1 is 1.15 bits per heavy atom. The summed E-state index contributed by atoms with van der Waals surface area (Å²) in [6, 6.07) is 10.3. The Hall–Kier alpha value is -2.30. The zero-order valence-corrected chi connectivity index (χ0v) is 11.8. The van der Waals surface area contributed by atoms with Crippen molar-refractivity contribution in [1.29, 1.82) is 0 Å². The fourth-order valence-electron chi connectivity index (χ4n) is 2.07. The molecule has 5 heteroatoms. The summed E-state index contributed by atoms with van der Waals surface area (Å²) < 4.78 is 5.71. The predicted molar refractivity (Wildman–Crippen MR) is 80.6 cm³/mol. The molecule has 2 aromatic rings. The maximum absolute atomic E-state index is 5.79. The van der Waals surface area contributed by atoms with Crippen molar-refractivity contribution >= 4 is 11.8 Å². The number of rotatable bonds is 5. The number of anilines is 2. The fourth-order valence-corrected chi connectivity index (χ4v) is 2.07. The van der Waals surface area contributed by atoms with E-state index in [1.807, 2.05) is 25.1 Å². The first-order valence-corrected chi connectivity index (χ1v) is 6.65. The number of aryl methyl sites for hydroxylation is 1. The summed E-state index contributed by atoms with van der Waals surface area (Å²) in [5.41, 5.74) is 13.3. The van der Waals surface area contributed by atoms with Crippen LogP contribution in [0.1, 0.15) is 30.5 Å². The van der Waals surface area contributed by atoms with E-state index in [0.29, 0.717) is 29.8 Å². The summed E-state index contributed by atoms with van der Waals surface area (Å²) in [7, 11) is 0. The maximum Gasteiger partial charge on any atom is 0.222 e. The zero-order chi connectivity index (χ0) is 14.5. The van der Waals surface area contributed by atoms with Gasteiger partial charge in [-0.1, -0.05) is 37.3 Å². The molecule has 1 aromatic carbocycles. The number of ether oxygens (including phenoxy) is 1. The highest BCUT2D eigenvalue weighted by Gasteiger charge is 2.10. The van der Waals surface area contributed by atoms with Crippen molar-refractivity contribution in [3.8, 4) is 5.75 Å². The Morgan fingerprint density at radius 3 is 2.50 bits per heavy atom. The first kappa shape index (κ1) is 14.1. The molecule has 5 nitrogen and oxygen atoms in total. The van der Waals surface area contributed by atoms with Crippen molar-refractivity contribution in [2.45, 2.75) is 26.2 Å². The molecule has 0 aliphatic heterocycles. The first-order valence-electron chi connectivity index (χ1n) is 6.65. The van der Waals surface area contributed by atoms with Crippen LogP contribution in [0.15, 0.2) is 30.3 Å². The van der Waals surface area contributed by atoms with Gasteiger partial charge in [0.25, 0.3) is 0 Å². The average Bonchev–Trinajstić information content (AvgIpc) is 2.42. The third kappa shape index (κ3) is 3.38. The van der Waals surface area contributed by atoms with Gasteiger partial charge in [0.1, 0.15) is 0 Å². The van der Waals surface area contributed by atoms with E-state index in [9.17, 15) is 0 Å². The highest BCUT2D eigenvalue weighted by Crippen LogP contribution is 2.25. The van der Waals surface area contributed by atoms with Gasteiger partial charge in [-0.3, -0.25) is 0 Å². The molecular formula is C15H20N4O. The van der Waals surface area contributed by atoms with Crippen LogP contribution in [0, 0.1) is 6.92 Å². The molecule has 1 heterocycles. The van der Waals surface area contributed by atoms with Crippen LogP contribution in [0.2, 0.25) is 0 Å². The van der Waals surface area contributed by atoms with Gasteiger partial charge in [-0.25, -0.2) is 4.98 Å². The third-order valence-corrected chi connectivity index (χ3v) is 3.24. The Labute approximate surface area is 119 Å². The average molecular weight is 272 g/mol. The van der Waals surface area contributed by atoms with Crippen molar-refractivity contribution in [1.82, 2.24) is 9.97 Å². The third-order valence-electron chi connectivity index (χ3n) is 3.24. The van der Waals surface area contributed by atoms with Crippen molar-refractivity contribution in [3.05, 3.63) is 41.6 Å². The van der Waals surface area contributed by atoms with Gasteiger partial charge < -0.3 is 16.2 Å². The van der Waals surface area contributed by atoms with Gasteiger partial charge in [0.2, 0.25) is 5.95 Å². The molecule has 1 aromatic heterocycles. The second-order valence-corrected chi connectivity index (χ2v) is 4.83. The summed E-state index contributed by atoms with van der Waals surface area (Å²) in [6.07, 6.45) is 0.896. The minimum atomic E-state index is 0.171. The van der Waals surface area contributed by atoms with Crippen LogP contribution in [0.5, 0.6) is 5.75 Å². The minimum Gasteiger partial charge on any atom is -0.488 e. The lowest BCUT2D eigenvalue weighted by molar-refractivity contribution is 0.298. The number of benzene rings is 1. The maximum atomic E-state index is 5.79. The summed E-state index contributed by atoms with van der Waals surface area (Å²) in [6.45, 7) is 4.55. The predicted octanol–water partition coefficient (Wildman–Crippen LogP) is 2.52. The van der Waals surface area contributed by atoms with Gasteiger partial charge in [-0.2, -0.15) is 4.98 Å². The molecule has 0 saturated heterocycles. The van der Waals surface area contributed by atoms with Gasteiger partial charge in [0.15, 0.2) is 11.6 Å². The summed E-state index contributed by atoms with van der Waals surface area (Å²) >= 11 is 0. The molecule has 1 atom stereocenters. The Bertz CT molecular complexity index is 548. The largest absolute Gasteiger partial charge is 0.488 e. The van der Waals surface area contributed by atoms with Crippen molar-refractivity contribution in [3.63, 3.8) is 0 Å². The molecule has 0 amide bonds. The van der Waals surface area contributed by atoms with Crippen LogP contribution < -0.4 is 16.2 Å². The summed E-state index contributed by atoms with van der Waals surface area (Å²) in [5.74, 6) is 1.42. The molecular weight excluding hydrogens is 252 g/mol. The molecule has 0 aliphatic rings. The minimum absolute atomic E-state index is 0.171. The summed E-state index contributed by atoms with van der Waals surface area (Å²) in [5, 5.41) is 0. The fraction of sp³-hybridized carbons (Fsp3) is 0.333. The van der Waals surface area contributed by atoms with E-state index < -0.39 is 0 Å². The zero-order valence-electron chi connectivity index (χ0n) is 11.8. The number of hydrogen-bond donors (Lipinski definition) is 2. The molecule has 4 N–H and O–H groups in total. The van der Waals surface area contributed by atoms with Crippen LogP contribution in [0.25, 0.3) is 0 Å². The van der Waals surface area contributed by atoms with Gasteiger partial charge in [0, 0.05) is 0 Å². The lowest BCUT2D eigenvalue weighted by Crippen LogP contribution is -2.09. The number of nitrogens with two attached hydrogens (primary N) is 2. The van der Waals surface area contributed by atoms with Crippen LogP contribution in [0.3, 0.4) is 0 Å². The second-order valence-electron chi connectivity index (χ2n) is 4.83. The topological polar surface area (TPSA) is 87.0 Å². The van der Waals surface area contributed by atoms with Crippen LogP contribution in [-0.2, 0) is 0 Å². The lowest BCUT2D eigenvalue weighted by Gasteiger charge is -2.14. The van der Waals surface area contributed by atoms with Crippen LogP contribution in [0.4, 0.5) is 11.8 Å². The van der Waals surface area contributed by atoms with Crippen LogP contribution >= 0.6 is 0 Å². The highest BCUT2D eigenvalue weighted by atomic mass is 16.5. The monoisotopic (exact) mass is 272 g/mol. The number of nitrogen functional groups attached to an aromatic ring is 2. The standard InChI is InChI=1S/C15H20N4O/c1-10(12-6-4-3-5-7-12)8-9-20-13-11(2)18-15(17)19-14(13)16/h3-7,10H,8-9H2,1-2H3,(H4,16,17,18,19). The lowest BCUT2D eigenvalue weighted by atomic mass is 9.98. The molecule has 2 rings (SSSR count). The number of nitrogens with zero attached hydrogens (tertiary/aromatic N) is 2. The number of aromatic nitrogens is 2. The van der Waals surface area contributed by atoms with E-state index in [2.05, 4.69) is 29.0 Å². The SMILES string of the molecule is Cc1nc(N)nc(N)c1OCCC(C)c1ccccc1. The Balaban J connectivity index is 1.94. The first-order chi connectivity index (χ1) is 9.58. The summed E-state index contributed by atoms with van der Waals surface area (Å²) in [4.78, 5) is 7.96. The molecule has 0 bridgehead atoms. The van der Waals surface area contributed by atoms with Crippen molar-refractivity contribution in [2.24, 2.45) is 0 Å². The van der Waals surface area contributed by atoms with E-state index >= 15 is 0 Å². The molecule has 0 aliphatic carbocycles. The molecule has 106 valence electrons. The van der Waals surface area contributed by atoms with Crippen molar-refractivity contribution in [2.75, 3.05) is 18.1 Å². The second kappa shape index (κ2) is 6.23. The van der Waals surface area contributed by atoms with E-state index in [1.165, 1.54) is 5.56 Å². The van der Waals surface area contributed by atoms with Gasteiger partial charge in [-0.15, -0.1) is 0 Å². The highest BCUT2D eigenvalue weighted by molar-refractivity contribution is 5.51. The van der Waals surface area contributed by atoms with E-state index in [0.717, 1.165) is 6.42 Å². The number of hydrogen-bond acceptors (Lipinski definition) is 5. The molecule has 0 spiro atoms. The quantitative estimate of drug-likeness (QED) is 0.873. The van der Waals surface area contributed by atoms with Crippen molar-refractivity contribution < 1.29 is 4.74 Å². The normalized spacial score (nSPS) is 12.1. The smallest absolute Gasteiger partial charge is 0.222 e. The Kier molecular flexibility index (Phi) is 4.40. The van der Waals surface area contributed by atoms with Gasteiger partial charge in [-0.05, 0) is 24.8 Å². The van der Waals surface area contributed by atoms with E-state index in [-0.39, 0.29) is 5.95 Å². The molecule has 20 heavy (non-hydrogen) atoms. The van der Waals surface area contributed by atoms with E-state index in [1.54, 1.807) is 0 Å². The van der Waals surface area contributed by atoms with Gasteiger partial charge in [0.05, 0.1) is 12.3 Å².